The van der Waals surface area contributed by atoms with E-state index in [0.29, 0.717) is 5.56 Å². The third-order valence-electron chi connectivity index (χ3n) is 10.8. The fourth-order valence-electron chi connectivity index (χ4n) is 8.90. The molecule has 1 unspecified atom stereocenters. The van der Waals surface area contributed by atoms with Crippen molar-refractivity contribution in [3.63, 3.8) is 0 Å². The summed E-state index contributed by atoms with van der Waals surface area (Å²) in [5.41, 5.74) is -0.987. The Labute approximate surface area is 265 Å². The number of phenols is 1. The van der Waals surface area contributed by atoms with Crippen molar-refractivity contribution in [2.45, 2.75) is 99.0 Å². The molecule has 4 atom stereocenters. The second-order valence-corrected chi connectivity index (χ2v) is 14.3. The smallest absolute Gasteiger partial charge is 0.209 e. The van der Waals surface area contributed by atoms with E-state index in [1.165, 1.54) is 11.6 Å². The average molecular weight is 615 g/mol. The second kappa shape index (κ2) is 11.3. The molecule has 45 heavy (non-hydrogen) atoms. The van der Waals surface area contributed by atoms with Gasteiger partial charge in [-0.05, 0) is 78.8 Å². The standard InChI is InChI=1S/C38H46O7/c1-8-10-11-12-22-13-14-23(9-2)25(17-22)24-15-16-27(40)29-26(24)18-36(6)19-37(7)30(20(3)4)32(41)28(21(5)39)34(43)38(37,45)35(44)31(36)33(29)42/h13-17,20,30,40-41,44-45H,8-12,18-19H2,1-7H3/t30?,36-,37-,38+/m1/s1. The molecule has 5 rings (SSSR count). The van der Waals surface area contributed by atoms with E-state index in [2.05, 4.69) is 32.0 Å². The molecule has 0 saturated heterocycles. The van der Waals surface area contributed by atoms with E-state index >= 15 is 0 Å². The van der Waals surface area contributed by atoms with Gasteiger partial charge < -0.3 is 20.4 Å². The number of hydrogen-bond acceptors (Lipinski definition) is 7. The van der Waals surface area contributed by atoms with Crippen LogP contribution in [0.4, 0.5) is 0 Å². The van der Waals surface area contributed by atoms with Crippen LogP contribution in [0.2, 0.25) is 0 Å². The molecule has 240 valence electrons. The van der Waals surface area contributed by atoms with E-state index in [0.717, 1.165) is 55.7 Å². The molecule has 4 N–H and O–H groups in total. The fourth-order valence-corrected chi connectivity index (χ4v) is 8.90. The lowest BCUT2D eigenvalue weighted by Gasteiger charge is -2.59. The molecule has 7 heteroatoms. The molecular formula is C38H46O7. The number of carbonyl (C=O) groups excluding carboxylic acids is 3. The summed E-state index contributed by atoms with van der Waals surface area (Å²) >= 11 is 0. The molecule has 0 spiro atoms. The zero-order valence-corrected chi connectivity index (χ0v) is 27.5. The van der Waals surface area contributed by atoms with Crippen LogP contribution < -0.4 is 0 Å². The number of phenolic OH excluding ortho intramolecular Hbond substituents is 1. The average Bonchev–Trinajstić information content (AvgIpc) is 2.94. The van der Waals surface area contributed by atoms with Gasteiger partial charge in [0.1, 0.15) is 22.8 Å². The number of aryl methyl sites for hydroxylation is 2. The van der Waals surface area contributed by atoms with Gasteiger partial charge in [0.2, 0.25) is 5.78 Å². The number of aliphatic hydroxyl groups is 3. The van der Waals surface area contributed by atoms with Gasteiger partial charge >= 0.3 is 0 Å². The molecule has 0 bridgehead atoms. The molecule has 3 aliphatic carbocycles. The van der Waals surface area contributed by atoms with Crippen LogP contribution in [0.25, 0.3) is 11.1 Å². The lowest BCUT2D eigenvalue weighted by atomic mass is 9.44. The van der Waals surface area contributed by atoms with Gasteiger partial charge in [-0.3, -0.25) is 14.4 Å². The predicted molar refractivity (Wildman–Crippen MR) is 173 cm³/mol. The van der Waals surface area contributed by atoms with Crippen LogP contribution in [0.1, 0.15) is 101 Å². The highest BCUT2D eigenvalue weighted by Gasteiger charge is 2.71. The molecule has 0 radical (unpaired) electrons. The lowest BCUT2D eigenvalue weighted by molar-refractivity contribution is -0.171. The van der Waals surface area contributed by atoms with Crippen molar-refractivity contribution in [1.29, 1.82) is 0 Å². The summed E-state index contributed by atoms with van der Waals surface area (Å²) in [6.07, 6.45) is 5.34. The summed E-state index contributed by atoms with van der Waals surface area (Å²) in [5.74, 6) is -5.09. The Hall–Kier alpha value is -3.71. The summed E-state index contributed by atoms with van der Waals surface area (Å²) in [6, 6.07) is 9.80. The molecule has 2 aromatic rings. The lowest BCUT2D eigenvalue weighted by Crippen LogP contribution is -2.67. The third-order valence-corrected chi connectivity index (χ3v) is 10.8. The largest absolute Gasteiger partial charge is 0.511 e. The maximum absolute atomic E-state index is 14.5. The zero-order valence-electron chi connectivity index (χ0n) is 27.5. The highest BCUT2D eigenvalue weighted by atomic mass is 16.3. The SMILES string of the molecule is CCCCCc1ccc(CC)c(-c2ccc(O)c3c2C[C@]2(C)C[C@]4(C)C(C(C)C)C(O)=C(C(C)=O)C(=O)[C@]4(O)C(O)=C2C3=O)c1. The first-order chi connectivity index (χ1) is 21.1. The van der Waals surface area contributed by atoms with Crippen molar-refractivity contribution in [2.75, 3.05) is 0 Å². The van der Waals surface area contributed by atoms with E-state index in [1.807, 2.05) is 26.8 Å². The topological polar surface area (TPSA) is 132 Å². The number of rotatable bonds is 8. The minimum atomic E-state index is -2.62. The highest BCUT2D eigenvalue weighted by Crippen LogP contribution is 2.65. The van der Waals surface area contributed by atoms with Crippen LogP contribution in [0, 0.1) is 22.7 Å². The van der Waals surface area contributed by atoms with Crippen LogP contribution in [0.3, 0.4) is 0 Å². The number of unbranched alkanes of at least 4 members (excludes halogenated alkanes) is 2. The van der Waals surface area contributed by atoms with Gasteiger partial charge in [0, 0.05) is 22.3 Å². The van der Waals surface area contributed by atoms with E-state index in [1.54, 1.807) is 6.92 Å². The van der Waals surface area contributed by atoms with Crippen LogP contribution in [-0.4, -0.2) is 43.4 Å². The number of aliphatic hydroxyl groups excluding tert-OH is 2. The number of benzene rings is 2. The predicted octanol–water partition coefficient (Wildman–Crippen LogP) is 7.31. The third kappa shape index (κ3) is 4.60. The molecule has 0 aliphatic heterocycles. The Morgan fingerprint density at radius 2 is 1.69 bits per heavy atom. The molecule has 0 fully saturated rings. The van der Waals surface area contributed by atoms with Gasteiger partial charge in [0.15, 0.2) is 17.2 Å². The number of Topliss-reactive ketones (excluding diaryl/α,β-unsaturated/α-hetero) is 3. The first-order valence-electron chi connectivity index (χ1n) is 16.3. The summed E-state index contributed by atoms with van der Waals surface area (Å²) in [5, 5.41) is 46.7. The Bertz CT molecular complexity index is 1680. The first kappa shape index (κ1) is 32.7. The van der Waals surface area contributed by atoms with Crippen LogP contribution in [0.15, 0.2) is 53.0 Å². The minimum absolute atomic E-state index is 0.0472. The molecule has 3 aliphatic rings. The monoisotopic (exact) mass is 614 g/mol. The normalized spacial score (nSPS) is 27.9. The number of aromatic hydroxyl groups is 1. The van der Waals surface area contributed by atoms with Crippen molar-refractivity contribution < 1.29 is 34.8 Å². The van der Waals surface area contributed by atoms with Crippen molar-refractivity contribution in [3.8, 4) is 16.9 Å². The van der Waals surface area contributed by atoms with E-state index in [9.17, 15) is 34.8 Å². The van der Waals surface area contributed by atoms with Crippen LogP contribution in [0.5, 0.6) is 5.75 Å². The zero-order chi connectivity index (χ0) is 33.2. The van der Waals surface area contributed by atoms with Crippen molar-refractivity contribution in [3.05, 3.63) is 75.3 Å². The van der Waals surface area contributed by atoms with E-state index in [4.69, 9.17) is 0 Å². The molecule has 0 amide bonds. The number of ketones is 3. The molecule has 0 aromatic heterocycles. The van der Waals surface area contributed by atoms with Gasteiger partial charge in [-0.25, -0.2) is 0 Å². The van der Waals surface area contributed by atoms with E-state index in [-0.39, 0.29) is 41.4 Å². The molecule has 2 aromatic carbocycles. The highest BCUT2D eigenvalue weighted by molar-refractivity contribution is 6.25. The molecule has 0 heterocycles. The number of hydrogen-bond donors (Lipinski definition) is 4. The fraction of sp³-hybridized carbons (Fsp3) is 0.500. The van der Waals surface area contributed by atoms with Crippen molar-refractivity contribution >= 4 is 17.3 Å². The van der Waals surface area contributed by atoms with Crippen LogP contribution in [-0.2, 0) is 28.9 Å². The van der Waals surface area contributed by atoms with Gasteiger partial charge in [-0.15, -0.1) is 0 Å². The summed E-state index contributed by atoms with van der Waals surface area (Å²) in [6.45, 7) is 12.5. The summed E-state index contributed by atoms with van der Waals surface area (Å²) < 4.78 is 0. The molecule has 7 nitrogen and oxygen atoms in total. The summed E-state index contributed by atoms with van der Waals surface area (Å²) in [7, 11) is 0. The maximum atomic E-state index is 14.5. The van der Waals surface area contributed by atoms with Crippen molar-refractivity contribution in [1.82, 2.24) is 0 Å². The van der Waals surface area contributed by atoms with Crippen LogP contribution >= 0.6 is 0 Å². The maximum Gasteiger partial charge on any atom is 0.209 e. The quantitative estimate of drug-likeness (QED) is 0.181. The van der Waals surface area contributed by atoms with Crippen molar-refractivity contribution in [2.24, 2.45) is 22.7 Å². The second-order valence-electron chi connectivity index (χ2n) is 14.3. The number of carbonyl (C=O) groups is 3. The number of fused-ring (bicyclic) bond motifs is 3. The first-order valence-corrected chi connectivity index (χ1v) is 16.3. The molecular weight excluding hydrogens is 568 g/mol. The number of allylic oxidation sites excluding steroid dienone is 2. The van der Waals surface area contributed by atoms with Gasteiger partial charge in [-0.2, -0.15) is 0 Å². The van der Waals surface area contributed by atoms with Gasteiger partial charge in [-0.1, -0.05) is 78.6 Å². The van der Waals surface area contributed by atoms with Gasteiger partial charge in [0.05, 0.1) is 5.56 Å². The Morgan fingerprint density at radius 1 is 1.00 bits per heavy atom. The Morgan fingerprint density at radius 3 is 2.29 bits per heavy atom. The molecule has 0 saturated carbocycles. The van der Waals surface area contributed by atoms with E-state index < -0.39 is 51.0 Å². The Kier molecular flexibility index (Phi) is 8.18. The van der Waals surface area contributed by atoms with Gasteiger partial charge in [0.25, 0.3) is 0 Å². The minimum Gasteiger partial charge on any atom is -0.511 e. The summed E-state index contributed by atoms with van der Waals surface area (Å²) in [4.78, 5) is 41.0. The Balaban J connectivity index is 1.76.